The van der Waals surface area contributed by atoms with Gasteiger partial charge in [-0.15, -0.1) is 0 Å². The van der Waals surface area contributed by atoms with Crippen molar-refractivity contribution in [1.82, 2.24) is 0 Å². The van der Waals surface area contributed by atoms with Crippen LogP contribution in [0.15, 0.2) is 35.9 Å². The summed E-state index contributed by atoms with van der Waals surface area (Å²) in [4.78, 5) is 12.1. The van der Waals surface area contributed by atoms with E-state index in [2.05, 4.69) is 6.08 Å². The van der Waals surface area contributed by atoms with Gasteiger partial charge in [0.05, 0.1) is 6.10 Å². The van der Waals surface area contributed by atoms with Crippen molar-refractivity contribution in [2.24, 2.45) is 0 Å². The van der Waals surface area contributed by atoms with Crippen molar-refractivity contribution in [3.63, 3.8) is 0 Å². The molecule has 0 aliphatic heterocycles. The Morgan fingerprint density at radius 3 is 2.53 bits per heavy atom. The highest BCUT2D eigenvalue weighted by Gasteiger charge is 2.23. The highest BCUT2D eigenvalue weighted by atomic mass is 16.5. The van der Waals surface area contributed by atoms with E-state index in [9.17, 15) is 4.79 Å². The van der Waals surface area contributed by atoms with Crippen LogP contribution in [0, 0.1) is 0 Å². The van der Waals surface area contributed by atoms with Gasteiger partial charge < -0.3 is 4.74 Å². The smallest absolute Gasteiger partial charge is 0.188 e. The number of allylic oxidation sites excluding steroid dienone is 2. The predicted octanol–water partition coefficient (Wildman–Crippen LogP) is 3.52. The Balaban J connectivity index is 1.72. The van der Waals surface area contributed by atoms with Crippen LogP contribution in [0.1, 0.15) is 42.5 Å². The number of carbonyl (C=O) groups excluding carboxylic acids is 1. The average Bonchev–Trinajstić information content (AvgIpc) is 3.00. The first-order valence-electron chi connectivity index (χ1n) is 6.33. The Morgan fingerprint density at radius 1 is 1.18 bits per heavy atom. The Kier molecular flexibility index (Phi) is 2.71. The third-order valence-electron chi connectivity index (χ3n) is 3.28. The van der Waals surface area contributed by atoms with Crippen LogP contribution in [0.2, 0.25) is 0 Å². The minimum Gasteiger partial charge on any atom is -0.490 e. The Labute approximate surface area is 101 Å². The van der Waals surface area contributed by atoms with Gasteiger partial charge in [0, 0.05) is 5.56 Å². The minimum absolute atomic E-state index is 0.181. The van der Waals surface area contributed by atoms with Crippen molar-refractivity contribution >= 4 is 5.78 Å². The van der Waals surface area contributed by atoms with E-state index in [0.29, 0.717) is 6.10 Å². The summed E-state index contributed by atoms with van der Waals surface area (Å²) in [7, 11) is 0. The van der Waals surface area contributed by atoms with E-state index < -0.39 is 0 Å². The van der Waals surface area contributed by atoms with Crippen LogP contribution in [0.3, 0.4) is 0 Å². The molecule has 0 heterocycles. The summed E-state index contributed by atoms with van der Waals surface area (Å²) < 4.78 is 5.66. The molecule has 2 nitrogen and oxygen atoms in total. The van der Waals surface area contributed by atoms with Crippen LogP contribution in [0.5, 0.6) is 5.75 Å². The molecule has 0 bridgehead atoms. The average molecular weight is 228 g/mol. The number of carbonyl (C=O) groups is 1. The standard InChI is InChI=1S/C15H16O2/c16-15(11-3-1-2-4-11)12-5-7-13(8-6-12)17-14-9-10-14/h3,5-8,14H,1-2,4,9-10H2. The lowest BCUT2D eigenvalue weighted by molar-refractivity contribution is 0.103. The monoisotopic (exact) mass is 228 g/mol. The zero-order chi connectivity index (χ0) is 11.7. The van der Waals surface area contributed by atoms with Gasteiger partial charge in [0.25, 0.3) is 0 Å². The summed E-state index contributed by atoms with van der Waals surface area (Å²) in [6, 6.07) is 7.56. The number of hydrogen-bond donors (Lipinski definition) is 0. The topological polar surface area (TPSA) is 26.3 Å². The molecule has 1 aromatic rings. The molecular weight excluding hydrogens is 212 g/mol. The molecule has 0 spiro atoms. The minimum atomic E-state index is 0.181. The molecule has 0 atom stereocenters. The van der Waals surface area contributed by atoms with Crippen molar-refractivity contribution in [2.75, 3.05) is 0 Å². The predicted molar refractivity (Wildman–Crippen MR) is 66.4 cm³/mol. The van der Waals surface area contributed by atoms with Crippen LogP contribution in [0.25, 0.3) is 0 Å². The van der Waals surface area contributed by atoms with Crippen LogP contribution < -0.4 is 4.74 Å². The zero-order valence-corrected chi connectivity index (χ0v) is 9.82. The molecule has 0 radical (unpaired) electrons. The largest absolute Gasteiger partial charge is 0.490 e. The molecule has 0 amide bonds. The van der Waals surface area contributed by atoms with Crippen LogP contribution in [-0.2, 0) is 0 Å². The molecule has 0 aromatic heterocycles. The van der Waals surface area contributed by atoms with Crippen molar-refractivity contribution in [3.8, 4) is 5.75 Å². The highest BCUT2D eigenvalue weighted by molar-refractivity contribution is 6.08. The fraction of sp³-hybridized carbons (Fsp3) is 0.400. The van der Waals surface area contributed by atoms with Crippen molar-refractivity contribution in [1.29, 1.82) is 0 Å². The second-order valence-corrected chi connectivity index (χ2v) is 4.79. The third kappa shape index (κ3) is 2.41. The lowest BCUT2D eigenvalue weighted by atomic mass is 10.0. The maximum absolute atomic E-state index is 12.1. The van der Waals surface area contributed by atoms with Gasteiger partial charge in [0.1, 0.15) is 5.75 Å². The summed E-state index contributed by atoms with van der Waals surface area (Å²) >= 11 is 0. The van der Waals surface area contributed by atoms with Gasteiger partial charge >= 0.3 is 0 Å². The molecule has 1 saturated carbocycles. The fourth-order valence-electron chi connectivity index (χ4n) is 2.13. The van der Waals surface area contributed by atoms with Crippen molar-refractivity contribution in [3.05, 3.63) is 41.5 Å². The normalized spacial score (nSPS) is 18.9. The lowest BCUT2D eigenvalue weighted by Crippen LogP contribution is -2.02. The maximum Gasteiger partial charge on any atom is 0.188 e. The SMILES string of the molecule is O=C(C1=CCCC1)c1ccc(OC2CC2)cc1. The van der Waals surface area contributed by atoms with Gasteiger partial charge in [-0.05, 0) is 61.9 Å². The fourth-order valence-corrected chi connectivity index (χ4v) is 2.13. The van der Waals surface area contributed by atoms with E-state index in [-0.39, 0.29) is 5.78 Å². The first kappa shape index (κ1) is 10.6. The molecule has 0 unspecified atom stereocenters. The number of hydrogen-bond acceptors (Lipinski definition) is 2. The van der Waals surface area contributed by atoms with E-state index in [1.165, 1.54) is 0 Å². The summed E-state index contributed by atoms with van der Waals surface area (Å²) in [5, 5.41) is 0. The third-order valence-corrected chi connectivity index (χ3v) is 3.28. The lowest BCUT2D eigenvalue weighted by Gasteiger charge is -2.05. The van der Waals surface area contributed by atoms with Gasteiger partial charge in [-0.3, -0.25) is 4.79 Å². The summed E-state index contributed by atoms with van der Waals surface area (Å²) in [5.74, 6) is 1.06. The Hall–Kier alpha value is -1.57. The zero-order valence-electron chi connectivity index (χ0n) is 9.82. The number of benzene rings is 1. The number of rotatable bonds is 4. The van der Waals surface area contributed by atoms with Crippen molar-refractivity contribution < 1.29 is 9.53 Å². The number of ketones is 1. The molecule has 0 N–H and O–H groups in total. The molecule has 2 aliphatic rings. The maximum atomic E-state index is 12.1. The van der Waals surface area contributed by atoms with Crippen LogP contribution in [-0.4, -0.2) is 11.9 Å². The van der Waals surface area contributed by atoms with E-state index in [4.69, 9.17) is 4.74 Å². The molecule has 88 valence electrons. The Bertz CT molecular complexity index is 452. The summed E-state index contributed by atoms with van der Waals surface area (Å²) in [6.45, 7) is 0. The molecule has 2 aliphatic carbocycles. The van der Waals surface area contributed by atoms with E-state index in [0.717, 1.165) is 49.0 Å². The first-order valence-corrected chi connectivity index (χ1v) is 6.33. The number of ether oxygens (including phenoxy) is 1. The van der Waals surface area contributed by atoms with E-state index >= 15 is 0 Å². The van der Waals surface area contributed by atoms with Crippen LogP contribution >= 0.6 is 0 Å². The van der Waals surface area contributed by atoms with Gasteiger partial charge in [-0.25, -0.2) is 0 Å². The van der Waals surface area contributed by atoms with Gasteiger partial charge in [0.15, 0.2) is 5.78 Å². The Morgan fingerprint density at radius 2 is 1.94 bits per heavy atom. The highest BCUT2D eigenvalue weighted by Crippen LogP contribution is 2.27. The quantitative estimate of drug-likeness (QED) is 0.737. The first-order chi connectivity index (χ1) is 8.33. The van der Waals surface area contributed by atoms with Crippen molar-refractivity contribution in [2.45, 2.75) is 38.2 Å². The van der Waals surface area contributed by atoms with E-state index in [1.807, 2.05) is 24.3 Å². The molecular formula is C15H16O2. The second-order valence-electron chi connectivity index (χ2n) is 4.79. The molecule has 3 rings (SSSR count). The van der Waals surface area contributed by atoms with Gasteiger partial charge in [-0.1, -0.05) is 6.08 Å². The molecule has 1 aromatic carbocycles. The number of Topliss-reactive ketones (excluding diaryl/α,β-unsaturated/α-hetero) is 1. The summed E-state index contributed by atoms with van der Waals surface area (Å²) in [6.07, 6.45) is 7.89. The van der Waals surface area contributed by atoms with Gasteiger partial charge in [0.2, 0.25) is 0 Å². The van der Waals surface area contributed by atoms with Gasteiger partial charge in [-0.2, -0.15) is 0 Å². The van der Waals surface area contributed by atoms with Crippen LogP contribution in [0.4, 0.5) is 0 Å². The second kappa shape index (κ2) is 4.36. The molecule has 0 saturated heterocycles. The summed E-state index contributed by atoms with van der Waals surface area (Å²) in [5.41, 5.74) is 1.75. The molecule has 1 fully saturated rings. The van der Waals surface area contributed by atoms with E-state index in [1.54, 1.807) is 0 Å². The molecule has 17 heavy (non-hydrogen) atoms. The molecule has 2 heteroatoms.